The minimum absolute atomic E-state index is 0.00244. The van der Waals surface area contributed by atoms with E-state index in [0.717, 1.165) is 57.7 Å². The van der Waals surface area contributed by atoms with Crippen LogP contribution in [0.15, 0.2) is 168 Å². The molecule has 15 rings (SSSR count). The van der Waals surface area contributed by atoms with E-state index in [4.69, 9.17) is 9.15 Å². The van der Waals surface area contributed by atoms with Crippen molar-refractivity contribution in [1.29, 1.82) is 0 Å². The molecule has 0 N–H and O–H groups in total. The van der Waals surface area contributed by atoms with Crippen LogP contribution in [0.4, 0.5) is 28.4 Å². The van der Waals surface area contributed by atoms with E-state index < -0.39 is 0 Å². The van der Waals surface area contributed by atoms with Crippen molar-refractivity contribution in [2.24, 2.45) is 0 Å². The van der Waals surface area contributed by atoms with Gasteiger partial charge >= 0.3 is 6.85 Å². The number of fused-ring (bicyclic) bond motifs is 14. The van der Waals surface area contributed by atoms with Gasteiger partial charge in [-0.1, -0.05) is 159 Å². The number of thiophene rings is 1. The van der Waals surface area contributed by atoms with Gasteiger partial charge in [-0.25, -0.2) is 0 Å². The highest BCUT2D eigenvalue weighted by molar-refractivity contribution is 7.26. The Balaban J connectivity index is 1.14. The Kier molecular flexibility index (Phi) is 9.37. The van der Waals surface area contributed by atoms with Crippen LogP contribution in [0.2, 0.25) is 0 Å². The van der Waals surface area contributed by atoms with Crippen LogP contribution >= 0.6 is 11.3 Å². The average molecular weight is 1010 g/mol. The Morgan fingerprint density at radius 1 is 0.526 bits per heavy atom. The molecule has 2 aromatic heterocycles. The molecule has 0 amide bonds. The number of aryl methyl sites for hydroxylation is 1. The first-order valence-corrected chi connectivity index (χ1v) is 28.1. The minimum Gasteiger partial charge on any atom is -0.457 e. The summed E-state index contributed by atoms with van der Waals surface area (Å²) in [6, 6.07) is 62.1. The molecule has 76 heavy (non-hydrogen) atoms. The van der Waals surface area contributed by atoms with E-state index >= 15 is 0 Å². The zero-order valence-electron chi connectivity index (χ0n) is 45.2. The number of hydrogen-bond donors (Lipinski definition) is 0. The molecule has 3 aliphatic heterocycles. The fraction of sp³-hybridized carbons (Fsp3) is 0.229. The van der Waals surface area contributed by atoms with Gasteiger partial charge in [0, 0.05) is 92.6 Å². The van der Waals surface area contributed by atoms with E-state index in [0.29, 0.717) is 0 Å². The molecule has 6 heteroatoms. The van der Waals surface area contributed by atoms with Crippen LogP contribution < -0.4 is 25.4 Å². The summed E-state index contributed by atoms with van der Waals surface area (Å²) >= 11 is 1.92. The second-order valence-corrected chi connectivity index (χ2v) is 26.2. The van der Waals surface area contributed by atoms with Crippen LogP contribution in [0.3, 0.4) is 0 Å². The lowest BCUT2D eigenvalue weighted by Crippen LogP contribution is -2.62. The van der Waals surface area contributed by atoms with Gasteiger partial charge in [-0.3, -0.25) is 0 Å². The van der Waals surface area contributed by atoms with E-state index in [1.807, 2.05) is 11.3 Å². The normalized spacial score (nSPS) is 16.5. The zero-order valence-corrected chi connectivity index (χ0v) is 46.0. The summed E-state index contributed by atoms with van der Waals surface area (Å²) < 4.78 is 16.7. The third-order valence-corrected chi connectivity index (χ3v) is 19.4. The van der Waals surface area contributed by atoms with Crippen molar-refractivity contribution in [3.05, 3.63) is 197 Å². The highest BCUT2D eigenvalue weighted by Crippen LogP contribution is 2.58. The molecule has 0 saturated heterocycles. The quantitative estimate of drug-likeness (QED) is 0.165. The lowest BCUT2D eigenvalue weighted by Gasteiger charge is -2.48. The molecule has 4 aliphatic rings. The maximum absolute atomic E-state index is 7.21. The van der Waals surface area contributed by atoms with Crippen molar-refractivity contribution in [3.8, 4) is 33.8 Å². The molecule has 0 fully saturated rings. The first-order valence-electron chi connectivity index (χ1n) is 27.3. The van der Waals surface area contributed by atoms with E-state index in [9.17, 15) is 0 Å². The SMILES string of the molecule is Cc1cc2c(cc1N1c3cc4c(cc3B3c5c1cc1c(sc6ccccc61)c5-c1cc5oc6ccccc6c5cc1N3c1ccc(C(C)(C)C)cc1-c1ccccc1)Oc1ccccc1C4(C)C)C(C)(C)CCC2(C)C. The van der Waals surface area contributed by atoms with E-state index in [-0.39, 0.29) is 28.5 Å². The molecule has 9 aromatic carbocycles. The van der Waals surface area contributed by atoms with Gasteiger partial charge < -0.3 is 18.9 Å². The molecule has 0 saturated carbocycles. The number of hydrogen-bond acceptors (Lipinski definition) is 5. The third kappa shape index (κ3) is 6.37. The Bertz CT molecular complexity index is 4320. The van der Waals surface area contributed by atoms with Crippen LogP contribution in [0, 0.1) is 6.92 Å². The first-order chi connectivity index (χ1) is 36.5. The largest absolute Gasteiger partial charge is 0.457 e. The average Bonchev–Trinajstić information content (AvgIpc) is 3.98. The van der Waals surface area contributed by atoms with Crippen molar-refractivity contribution in [1.82, 2.24) is 0 Å². The minimum atomic E-state index is -0.350. The Labute approximate surface area is 450 Å². The van der Waals surface area contributed by atoms with Crippen molar-refractivity contribution >= 4 is 99.7 Å². The van der Waals surface area contributed by atoms with E-state index in [1.165, 1.54) is 104 Å². The highest BCUT2D eigenvalue weighted by atomic mass is 32.1. The molecule has 5 heterocycles. The van der Waals surface area contributed by atoms with Crippen LogP contribution in [0.25, 0.3) is 64.4 Å². The second kappa shape index (κ2) is 15.5. The molecule has 0 atom stereocenters. The summed E-state index contributed by atoms with van der Waals surface area (Å²) in [6.45, 7) is 23.6. The van der Waals surface area contributed by atoms with Gasteiger partial charge in [0.2, 0.25) is 0 Å². The van der Waals surface area contributed by atoms with Gasteiger partial charge in [0.05, 0.1) is 0 Å². The molecule has 0 radical (unpaired) electrons. The summed E-state index contributed by atoms with van der Waals surface area (Å²) in [5.41, 5.74) is 22.6. The fourth-order valence-corrected chi connectivity index (χ4v) is 15.1. The number of furan rings is 1. The molecular weight excluding hydrogens is 944 g/mol. The summed E-state index contributed by atoms with van der Waals surface area (Å²) in [5.74, 6) is 1.83. The zero-order chi connectivity index (χ0) is 51.9. The number of benzene rings is 9. The van der Waals surface area contributed by atoms with Crippen LogP contribution in [0.5, 0.6) is 11.5 Å². The Morgan fingerprint density at radius 3 is 2.00 bits per heavy atom. The van der Waals surface area contributed by atoms with Crippen molar-refractivity contribution in [2.45, 2.75) is 104 Å². The molecule has 372 valence electrons. The molecule has 0 spiro atoms. The molecule has 11 aromatic rings. The number of rotatable bonds is 3. The summed E-state index contributed by atoms with van der Waals surface area (Å²) in [4.78, 5) is 5.40. The molecule has 4 nitrogen and oxygen atoms in total. The predicted octanol–water partition coefficient (Wildman–Crippen LogP) is 18.7. The third-order valence-electron chi connectivity index (χ3n) is 18.2. The number of anilines is 5. The van der Waals surface area contributed by atoms with Crippen molar-refractivity contribution in [3.63, 3.8) is 0 Å². The predicted molar refractivity (Wildman–Crippen MR) is 323 cm³/mol. The van der Waals surface area contributed by atoms with Gasteiger partial charge in [0.1, 0.15) is 22.7 Å². The van der Waals surface area contributed by atoms with Gasteiger partial charge in [0.25, 0.3) is 0 Å². The lowest BCUT2D eigenvalue weighted by molar-refractivity contribution is 0.332. The van der Waals surface area contributed by atoms with Crippen molar-refractivity contribution < 1.29 is 9.15 Å². The van der Waals surface area contributed by atoms with Crippen LogP contribution in [-0.4, -0.2) is 6.85 Å². The number of ether oxygens (including phenoxy) is 1. The highest BCUT2D eigenvalue weighted by Gasteiger charge is 2.50. The van der Waals surface area contributed by atoms with Crippen LogP contribution in [0.1, 0.15) is 109 Å². The summed E-state index contributed by atoms with van der Waals surface area (Å²) in [6.07, 6.45) is 2.29. The summed E-state index contributed by atoms with van der Waals surface area (Å²) in [7, 11) is 0. The molecule has 1 aliphatic carbocycles. The van der Waals surface area contributed by atoms with Crippen LogP contribution in [-0.2, 0) is 21.7 Å². The molecule has 0 bridgehead atoms. The smallest absolute Gasteiger partial charge is 0.333 e. The fourth-order valence-electron chi connectivity index (χ4n) is 13.9. The topological polar surface area (TPSA) is 28.9 Å². The molecule has 0 unspecified atom stereocenters. The van der Waals surface area contributed by atoms with Gasteiger partial charge in [-0.15, -0.1) is 11.3 Å². The maximum Gasteiger partial charge on any atom is 0.333 e. The standard InChI is InChI=1S/C70H61BN2O2S/c1-40-32-50-51(69(7,8)31-30-68(50,5)6)37-55(40)72-57-38-52-62(75-60-26-18-16-24-49(60)70(52,9)10)39-53(57)71-65-58(72)35-47-44-23-15-19-27-63(44)76-66(47)64(65)48-36-61-46(43-22-14-17-25-59(43)74-61)34-56(48)73(71)54-29-28-42(67(2,3)4)33-45(54)41-20-12-11-13-21-41/h11-29,32-39H,30-31H2,1-10H3. The van der Waals surface area contributed by atoms with E-state index in [1.54, 1.807) is 0 Å². The summed E-state index contributed by atoms with van der Waals surface area (Å²) in [5, 5.41) is 4.78. The Hall–Kier alpha value is -7.54. The van der Waals surface area contributed by atoms with Gasteiger partial charge in [-0.2, -0.15) is 0 Å². The van der Waals surface area contributed by atoms with Gasteiger partial charge in [-0.05, 0) is 141 Å². The first kappa shape index (κ1) is 45.8. The van der Waals surface area contributed by atoms with Gasteiger partial charge in [0.15, 0.2) is 0 Å². The molecular formula is C70H61BN2O2S. The number of nitrogens with zero attached hydrogens (tertiary/aromatic N) is 2. The lowest BCUT2D eigenvalue weighted by atomic mass is 9.43. The number of para-hydroxylation sites is 2. The van der Waals surface area contributed by atoms with Crippen molar-refractivity contribution in [2.75, 3.05) is 9.71 Å². The Morgan fingerprint density at radius 2 is 1.21 bits per heavy atom. The monoisotopic (exact) mass is 1000 g/mol. The maximum atomic E-state index is 7.21. The second-order valence-electron chi connectivity index (χ2n) is 25.2. The van der Waals surface area contributed by atoms with E-state index in [2.05, 4.69) is 243 Å².